The molecule has 0 aliphatic carbocycles. The topological polar surface area (TPSA) is 41.1 Å². The molecule has 2 aromatic rings. The Bertz CT molecular complexity index is 493. The van der Waals surface area contributed by atoms with Crippen LogP contribution in [0.1, 0.15) is 24.0 Å². The molecular formula is C17H25N3O. The van der Waals surface area contributed by atoms with E-state index >= 15 is 0 Å². The van der Waals surface area contributed by atoms with Gasteiger partial charge < -0.3 is 9.64 Å². The van der Waals surface area contributed by atoms with Gasteiger partial charge in [0.25, 0.3) is 0 Å². The summed E-state index contributed by atoms with van der Waals surface area (Å²) in [4.78, 5) is 2.41. The van der Waals surface area contributed by atoms with E-state index in [2.05, 4.69) is 34.3 Å². The number of hydrogen-bond acceptors (Lipinski definition) is 3. The molecule has 0 spiro atoms. The summed E-state index contributed by atoms with van der Waals surface area (Å²) < 4.78 is 5.17. The lowest BCUT2D eigenvalue weighted by Gasteiger charge is -2.16. The molecule has 0 amide bonds. The second-order valence-electron chi connectivity index (χ2n) is 5.47. The average molecular weight is 287 g/mol. The molecule has 0 fully saturated rings. The molecule has 4 heteroatoms. The normalized spacial score (nSPS) is 11.0. The van der Waals surface area contributed by atoms with Crippen molar-refractivity contribution < 1.29 is 4.74 Å². The summed E-state index contributed by atoms with van der Waals surface area (Å²) in [5.74, 6) is 0.926. The number of H-pyrrole nitrogens is 1. The van der Waals surface area contributed by atoms with E-state index in [1.165, 1.54) is 24.0 Å². The van der Waals surface area contributed by atoms with E-state index in [-0.39, 0.29) is 0 Å². The summed E-state index contributed by atoms with van der Waals surface area (Å²) in [6.07, 6.45) is 8.47. The van der Waals surface area contributed by atoms with Gasteiger partial charge in [-0.1, -0.05) is 12.1 Å². The van der Waals surface area contributed by atoms with E-state index in [4.69, 9.17) is 4.74 Å². The highest BCUT2D eigenvalue weighted by atomic mass is 16.5. The number of aromatic amines is 1. The summed E-state index contributed by atoms with van der Waals surface area (Å²) in [5, 5.41) is 6.82. The van der Waals surface area contributed by atoms with Crippen molar-refractivity contribution in [1.29, 1.82) is 0 Å². The summed E-state index contributed by atoms with van der Waals surface area (Å²) in [7, 11) is 3.90. The van der Waals surface area contributed by atoms with Gasteiger partial charge in [-0.2, -0.15) is 5.10 Å². The first-order valence-electron chi connectivity index (χ1n) is 7.57. The fourth-order valence-electron chi connectivity index (χ4n) is 2.42. The molecule has 0 unspecified atom stereocenters. The highest BCUT2D eigenvalue weighted by molar-refractivity contribution is 5.27. The van der Waals surface area contributed by atoms with Gasteiger partial charge >= 0.3 is 0 Å². The minimum Gasteiger partial charge on any atom is -0.497 e. The Hall–Kier alpha value is -1.81. The first kappa shape index (κ1) is 15.6. The van der Waals surface area contributed by atoms with Gasteiger partial charge in [0.15, 0.2) is 0 Å². The molecule has 1 aromatic heterocycles. The Labute approximate surface area is 127 Å². The van der Waals surface area contributed by atoms with Gasteiger partial charge in [-0.05, 0) is 69.1 Å². The van der Waals surface area contributed by atoms with E-state index in [1.54, 1.807) is 7.11 Å². The van der Waals surface area contributed by atoms with Crippen molar-refractivity contribution in [3.05, 3.63) is 47.8 Å². The number of methoxy groups -OCH3 is 1. The third kappa shape index (κ3) is 5.60. The predicted octanol–water partition coefficient (Wildman–Crippen LogP) is 2.92. The van der Waals surface area contributed by atoms with Crippen LogP contribution in [0.4, 0.5) is 0 Å². The van der Waals surface area contributed by atoms with Crippen LogP contribution in [-0.2, 0) is 12.8 Å². The van der Waals surface area contributed by atoms with Crippen molar-refractivity contribution in [2.24, 2.45) is 0 Å². The summed E-state index contributed by atoms with van der Waals surface area (Å²) >= 11 is 0. The van der Waals surface area contributed by atoms with E-state index < -0.39 is 0 Å². The lowest BCUT2D eigenvalue weighted by molar-refractivity contribution is 0.325. The minimum absolute atomic E-state index is 0.926. The molecule has 4 nitrogen and oxygen atoms in total. The molecular weight excluding hydrogens is 262 g/mol. The lowest BCUT2D eigenvalue weighted by atomic mass is 10.1. The Kier molecular flexibility index (Phi) is 6.28. The minimum atomic E-state index is 0.926. The fraction of sp³-hybridized carbons (Fsp3) is 0.471. The monoisotopic (exact) mass is 287 g/mol. The van der Waals surface area contributed by atoms with Gasteiger partial charge in [0.1, 0.15) is 5.75 Å². The Morgan fingerprint density at radius 3 is 2.29 bits per heavy atom. The van der Waals surface area contributed by atoms with Crippen LogP contribution in [0.5, 0.6) is 5.75 Å². The van der Waals surface area contributed by atoms with E-state index in [0.29, 0.717) is 0 Å². The number of rotatable bonds is 9. The average Bonchev–Trinajstić information content (AvgIpc) is 3.01. The largest absolute Gasteiger partial charge is 0.497 e. The summed E-state index contributed by atoms with van der Waals surface area (Å²) in [6, 6.07) is 8.36. The second kappa shape index (κ2) is 8.47. The first-order chi connectivity index (χ1) is 10.3. The maximum atomic E-state index is 5.17. The predicted molar refractivity (Wildman–Crippen MR) is 85.7 cm³/mol. The molecule has 21 heavy (non-hydrogen) atoms. The van der Waals surface area contributed by atoms with Gasteiger partial charge in [0.05, 0.1) is 13.3 Å². The van der Waals surface area contributed by atoms with Crippen molar-refractivity contribution >= 4 is 0 Å². The van der Waals surface area contributed by atoms with Crippen molar-refractivity contribution in [2.45, 2.75) is 25.7 Å². The van der Waals surface area contributed by atoms with E-state index in [0.717, 1.165) is 31.7 Å². The van der Waals surface area contributed by atoms with Crippen molar-refractivity contribution in [1.82, 2.24) is 15.1 Å². The molecule has 1 aromatic carbocycles. The number of ether oxygens (including phenoxy) is 1. The standard InChI is InChI=1S/C17H25N3O/c1-20(12-4-6-16-13-18-19-14-16)11-3-5-15-7-9-17(21-2)10-8-15/h7-10,13-14H,3-6,11-12H2,1-2H3,(H,18,19). The van der Waals surface area contributed by atoms with Crippen LogP contribution in [0.15, 0.2) is 36.7 Å². The number of aryl methyl sites for hydroxylation is 2. The highest BCUT2D eigenvalue weighted by Gasteiger charge is 2.01. The zero-order valence-corrected chi connectivity index (χ0v) is 13.0. The zero-order chi connectivity index (χ0) is 14.9. The number of nitrogens with zero attached hydrogens (tertiary/aromatic N) is 2. The summed E-state index contributed by atoms with van der Waals surface area (Å²) in [6.45, 7) is 2.27. The molecule has 0 atom stereocenters. The smallest absolute Gasteiger partial charge is 0.118 e. The SMILES string of the molecule is COc1ccc(CCCN(C)CCCc2cn[nH]c2)cc1. The van der Waals surface area contributed by atoms with Crippen LogP contribution >= 0.6 is 0 Å². The highest BCUT2D eigenvalue weighted by Crippen LogP contribution is 2.12. The lowest BCUT2D eigenvalue weighted by Crippen LogP contribution is -2.21. The van der Waals surface area contributed by atoms with Crippen LogP contribution < -0.4 is 4.74 Å². The molecule has 0 saturated carbocycles. The molecule has 0 aliphatic rings. The van der Waals surface area contributed by atoms with Crippen LogP contribution in [0.3, 0.4) is 0 Å². The van der Waals surface area contributed by atoms with Crippen molar-refractivity contribution in [3.63, 3.8) is 0 Å². The number of aromatic nitrogens is 2. The van der Waals surface area contributed by atoms with Gasteiger partial charge in [0, 0.05) is 6.20 Å². The van der Waals surface area contributed by atoms with E-state index in [1.807, 2.05) is 24.5 Å². The maximum Gasteiger partial charge on any atom is 0.118 e. The molecule has 1 N–H and O–H groups in total. The first-order valence-corrected chi connectivity index (χ1v) is 7.57. The van der Waals surface area contributed by atoms with Crippen molar-refractivity contribution in [3.8, 4) is 5.75 Å². The van der Waals surface area contributed by atoms with Gasteiger partial charge in [-0.3, -0.25) is 5.10 Å². The molecule has 1 heterocycles. The Balaban J connectivity index is 1.58. The Morgan fingerprint density at radius 2 is 1.71 bits per heavy atom. The quantitative estimate of drug-likeness (QED) is 0.771. The molecule has 0 bridgehead atoms. The van der Waals surface area contributed by atoms with Crippen molar-refractivity contribution in [2.75, 3.05) is 27.2 Å². The number of benzene rings is 1. The molecule has 0 radical (unpaired) electrons. The fourth-order valence-corrected chi connectivity index (χ4v) is 2.42. The molecule has 0 aliphatic heterocycles. The molecule has 114 valence electrons. The zero-order valence-electron chi connectivity index (χ0n) is 13.0. The second-order valence-corrected chi connectivity index (χ2v) is 5.47. The Morgan fingerprint density at radius 1 is 1.05 bits per heavy atom. The number of nitrogens with one attached hydrogen (secondary N) is 1. The van der Waals surface area contributed by atoms with Crippen LogP contribution in [0, 0.1) is 0 Å². The summed E-state index contributed by atoms with van der Waals surface area (Å²) in [5.41, 5.74) is 2.67. The van der Waals surface area contributed by atoms with Crippen LogP contribution in [-0.4, -0.2) is 42.3 Å². The van der Waals surface area contributed by atoms with Gasteiger partial charge in [-0.25, -0.2) is 0 Å². The third-order valence-electron chi connectivity index (χ3n) is 3.72. The van der Waals surface area contributed by atoms with Crippen LogP contribution in [0.25, 0.3) is 0 Å². The van der Waals surface area contributed by atoms with Gasteiger partial charge in [-0.15, -0.1) is 0 Å². The van der Waals surface area contributed by atoms with Gasteiger partial charge in [0.2, 0.25) is 0 Å². The molecule has 0 saturated heterocycles. The third-order valence-corrected chi connectivity index (χ3v) is 3.72. The molecule has 2 rings (SSSR count). The van der Waals surface area contributed by atoms with E-state index in [9.17, 15) is 0 Å². The number of hydrogen-bond donors (Lipinski definition) is 1. The maximum absolute atomic E-state index is 5.17. The van der Waals surface area contributed by atoms with Crippen LogP contribution in [0.2, 0.25) is 0 Å².